The number of rotatable bonds is 3. The van der Waals surface area contributed by atoms with Crippen LogP contribution in [-0.2, 0) is 14.6 Å². The van der Waals surface area contributed by atoms with Crippen LogP contribution >= 0.6 is 10.8 Å². The highest BCUT2D eigenvalue weighted by Crippen LogP contribution is 2.24. The third kappa shape index (κ3) is 2.54. The molecule has 0 fully saturated rings. The van der Waals surface area contributed by atoms with Crippen molar-refractivity contribution in [1.29, 1.82) is 0 Å². The van der Waals surface area contributed by atoms with E-state index in [1.165, 1.54) is 6.26 Å². The van der Waals surface area contributed by atoms with Crippen molar-refractivity contribution in [2.45, 2.75) is 5.75 Å². The Labute approximate surface area is 92.2 Å². The van der Waals surface area contributed by atoms with Crippen LogP contribution in [0.1, 0.15) is 5.56 Å². The molecule has 0 saturated heterocycles. The van der Waals surface area contributed by atoms with Crippen molar-refractivity contribution >= 4 is 30.6 Å². The standard InChI is InChI=1S/C10H11NO2S2/c1-15(12,13)14-7-8-6-11-10-5-3-2-4-9(8)10/h2-6,11H,7H2,1H3. The van der Waals surface area contributed by atoms with Gasteiger partial charge in [-0.15, -0.1) is 0 Å². The van der Waals surface area contributed by atoms with E-state index in [1.54, 1.807) is 0 Å². The van der Waals surface area contributed by atoms with Gasteiger partial charge < -0.3 is 4.98 Å². The lowest BCUT2D eigenvalue weighted by Crippen LogP contribution is -1.89. The summed E-state index contributed by atoms with van der Waals surface area (Å²) in [6.07, 6.45) is 3.09. The van der Waals surface area contributed by atoms with Crippen molar-refractivity contribution in [2.24, 2.45) is 0 Å². The second kappa shape index (κ2) is 3.90. The van der Waals surface area contributed by atoms with E-state index >= 15 is 0 Å². The monoisotopic (exact) mass is 241 g/mol. The predicted octanol–water partition coefficient (Wildman–Crippen LogP) is 2.36. The molecule has 2 rings (SSSR count). The first-order chi connectivity index (χ1) is 7.06. The number of hydrogen-bond donors (Lipinski definition) is 1. The van der Waals surface area contributed by atoms with Gasteiger partial charge in [-0.05, 0) is 22.4 Å². The van der Waals surface area contributed by atoms with Crippen LogP contribution in [-0.4, -0.2) is 19.7 Å². The molecule has 1 aromatic carbocycles. The first kappa shape index (κ1) is 10.6. The molecule has 3 nitrogen and oxygen atoms in total. The molecule has 80 valence electrons. The van der Waals surface area contributed by atoms with E-state index in [4.69, 9.17) is 0 Å². The van der Waals surface area contributed by atoms with Gasteiger partial charge in [-0.3, -0.25) is 0 Å². The summed E-state index contributed by atoms with van der Waals surface area (Å²) in [5.74, 6) is 0.489. The largest absolute Gasteiger partial charge is 0.361 e. The molecule has 1 heterocycles. The van der Waals surface area contributed by atoms with E-state index in [-0.39, 0.29) is 0 Å². The zero-order valence-electron chi connectivity index (χ0n) is 8.23. The number of aromatic amines is 1. The molecule has 0 bridgehead atoms. The fourth-order valence-corrected chi connectivity index (χ4v) is 3.02. The van der Waals surface area contributed by atoms with Crippen LogP contribution in [0.25, 0.3) is 10.9 Å². The maximum Gasteiger partial charge on any atom is 0.199 e. The number of benzene rings is 1. The van der Waals surface area contributed by atoms with Crippen LogP contribution in [0.15, 0.2) is 30.5 Å². The molecule has 0 spiro atoms. The van der Waals surface area contributed by atoms with Gasteiger partial charge in [0, 0.05) is 29.1 Å². The maximum absolute atomic E-state index is 11.0. The molecule has 5 heteroatoms. The molecule has 0 saturated carbocycles. The average molecular weight is 241 g/mol. The summed E-state index contributed by atoms with van der Waals surface area (Å²) in [6.45, 7) is 0. The van der Waals surface area contributed by atoms with Crippen molar-refractivity contribution in [3.8, 4) is 0 Å². The number of aromatic nitrogens is 1. The Bertz CT molecular complexity index is 572. The zero-order chi connectivity index (χ0) is 10.9. The van der Waals surface area contributed by atoms with Gasteiger partial charge in [-0.1, -0.05) is 18.2 Å². The van der Waals surface area contributed by atoms with E-state index in [0.29, 0.717) is 5.75 Å². The van der Waals surface area contributed by atoms with Gasteiger partial charge >= 0.3 is 0 Å². The van der Waals surface area contributed by atoms with Gasteiger partial charge in [-0.25, -0.2) is 8.42 Å². The Hall–Kier alpha value is -0.940. The summed E-state index contributed by atoms with van der Waals surface area (Å²) in [6, 6.07) is 7.87. The second-order valence-electron chi connectivity index (χ2n) is 3.33. The highest BCUT2D eigenvalue weighted by atomic mass is 33.1. The van der Waals surface area contributed by atoms with Crippen LogP contribution in [0.3, 0.4) is 0 Å². The number of fused-ring (bicyclic) bond motifs is 1. The number of hydrogen-bond acceptors (Lipinski definition) is 3. The second-order valence-corrected chi connectivity index (χ2v) is 7.78. The molecule has 0 amide bonds. The molecule has 0 atom stereocenters. The summed E-state index contributed by atoms with van der Waals surface area (Å²) in [4.78, 5) is 3.12. The Morgan fingerprint density at radius 2 is 2.07 bits per heavy atom. The summed E-state index contributed by atoms with van der Waals surface area (Å²) < 4.78 is 22.0. The minimum absolute atomic E-state index is 0.489. The van der Waals surface area contributed by atoms with Gasteiger partial charge in [-0.2, -0.15) is 0 Å². The maximum atomic E-state index is 11.0. The first-order valence-corrected chi connectivity index (χ1v) is 7.85. The highest BCUT2D eigenvalue weighted by molar-refractivity contribution is 8.71. The van der Waals surface area contributed by atoms with E-state index in [2.05, 4.69) is 4.98 Å². The normalized spacial score (nSPS) is 12.1. The molecule has 0 radical (unpaired) electrons. The molecule has 15 heavy (non-hydrogen) atoms. The van der Waals surface area contributed by atoms with Gasteiger partial charge in [0.15, 0.2) is 8.87 Å². The van der Waals surface area contributed by atoms with E-state index in [0.717, 1.165) is 27.3 Å². The molecule has 0 aliphatic heterocycles. The minimum Gasteiger partial charge on any atom is -0.361 e. The molecular weight excluding hydrogens is 230 g/mol. The molecule has 0 unspecified atom stereocenters. The van der Waals surface area contributed by atoms with Crippen molar-refractivity contribution in [3.05, 3.63) is 36.0 Å². The fraction of sp³-hybridized carbons (Fsp3) is 0.200. The van der Waals surface area contributed by atoms with E-state index < -0.39 is 8.87 Å². The number of H-pyrrole nitrogens is 1. The third-order valence-electron chi connectivity index (χ3n) is 2.10. The molecular formula is C10H11NO2S2. The lowest BCUT2D eigenvalue weighted by molar-refractivity contribution is 0.615. The Morgan fingerprint density at radius 1 is 1.33 bits per heavy atom. The van der Waals surface area contributed by atoms with Gasteiger partial charge in [0.25, 0.3) is 0 Å². The quantitative estimate of drug-likeness (QED) is 0.839. The van der Waals surface area contributed by atoms with Crippen molar-refractivity contribution in [1.82, 2.24) is 4.98 Å². The Morgan fingerprint density at radius 3 is 2.80 bits per heavy atom. The highest BCUT2D eigenvalue weighted by Gasteiger charge is 2.07. The predicted molar refractivity (Wildman–Crippen MR) is 64.4 cm³/mol. The van der Waals surface area contributed by atoms with Crippen LogP contribution in [0.4, 0.5) is 0 Å². The Balaban J connectivity index is 2.29. The van der Waals surface area contributed by atoms with E-state index in [9.17, 15) is 8.42 Å². The zero-order valence-corrected chi connectivity index (χ0v) is 9.86. The van der Waals surface area contributed by atoms with Crippen molar-refractivity contribution < 1.29 is 8.42 Å². The Kier molecular flexibility index (Phi) is 2.75. The summed E-state index contributed by atoms with van der Waals surface area (Å²) in [5.41, 5.74) is 2.07. The van der Waals surface area contributed by atoms with Crippen LogP contribution in [0.5, 0.6) is 0 Å². The number of nitrogens with one attached hydrogen (secondary N) is 1. The summed E-state index contributed by atoms with van der Waals surface area (Å²) in [7, 11) is -2.01. The van der Waals surface area contributed by atoms with E-state index in [1.807, 2.05) is 30.5 Å². The number of para-hydroxylation sites is 1. The minimum atomic E-state index is -2.97. The average Bonchev–Trinajstić information content (AvgIpc) is 2.57. The SMILES string of the molecule is CS(=O)(=O)SCc1c[nH]c2ccccc12. The van der Waals surface area contributed by atoms with Gasteiger partial charge in [0.2, 0.25) is 0 Å². The van der Waals surface area contributed by atoms with Crippen molar-refractivity contribution in [2.75, 3.05) is 6.26 Å². The molecule has 2 aromatic rings. The lowest BCUT2D eigenvalue weighted by atomic mass is 10.2. The smallest absolute Gasteiger partial charge is 0.199 e. The third-order valence-corrected chi connectivity index (χ3v) is 4.60. The fourth-order valence-electron chi connectivity index (χ4n) is 1.42. The van der Waals surface area contributed by atoms with Gasteiger partial charge in [0.1, 0.15) is 0 Å². The molecule has 0 aliphatic carbocycles. The van der Waals surface area contributed by atoms with Gasteiger partial charge in [0.05, 0.1) is 0 Å². The topological polar surface area (TPSA) is 49.9 Å². The lowest BCUT2D eigenvalue weighted by Gasteiger charge is -1.97. The molecule has 1 aromatic heterocycles. The van der Waals surface area contributed by atoms with Crippen LogP contribution < -0.4 is 0 Å². The molecule has 1 N–H and O–H groups in total. The molecule has 0 aliphatic rings. The first-order valence-electron chi connectivity index (χ1n) is 4.46. The van der Waals surface area contributed by atoms with Crippen molar-refractivity contribution in [3.63, 3.8) is 0 Å². The van der Waals surface area contributed by atoms with Crippen LogP contribution in [0.2, 0.25) is 0 Å². The summed E-state index contributed by atoms with van der Waals surface area (Å²) in [5, 5.41) is 1.09. The van der Waals surface area contributed by atoms with Crippen LogP contribution in [0, 0.1) is 0 Å². The summed E-state index contributed by atoms with van der Waals surface area (Å²) >= 11 is 0.